The van der Waals surface area contributed by atoms with E-state index in [-0.39, 0.29) is 52.4 Å². The van der Waals surface area contributed by atoms with Crippen molar-refractivity contribution in [2.45, 2.75) is 147 Å². The van der Waals surface area contributed by atoms with Gasteiger partial charge in [0.2, 0.25) is 0 Å². The SMILES string of the molecule is CC(=O)OC(C)(C)C.CC(=O)Oc1ccc(N)cc1C(C)OC(C)=O.CC(=O)Oc1ccc(NC(=O)OC(C)(C)C)cc1C(C)OC(C)=O.Cc1ccc(NC(=O)OC(C)(C)C)cc1C=O.[Na+].[OH-]. The van der Waals surface area contributed by atoms with Crippen molar-refractivity contribution in [3.8, 4) is 11.5 Å². The summed E-state index contributed by atoms with van der Waals surface area (Å²) in [6.07, 6.45) is -1.56. The van der Waals surface area contributed by atoms with Gasteiger partial charge in [-0.3, -0.25) is 39.4 Å². The van der Waals surface area contributed by atoms with Crippen LogP contribution in [-0.4, -0.2) is 70.6 Å². The molecule has 5 N–H and O–H groups in total. The van der Waals surface area contributed by atoms with E-state index in [1.807, 2.05) is 27.7 Å². The van der Waals surface area contributed by atoms with Crippen molar-refractivity contribution in [1.29, 1.82) is 0 Å². The summed E-state index contributed by atoms with van der Waals surface area (Å²) < 4.78 is 35.4. The van der Waals surface area contributed by atoms with Gasteiger partial charge in [0.05, 0.1) is 0 Å². The minimum atomic E-state index is -0.655. The first kappa shape index (κ1) is 66.3. The average Bonchev–Trinajstić information content (AvgIpc) is 3.11. The molecule has 0 aliphatic carbocycles. The van der Waals surface area contributed by atoms with Gasteiger partial charge in [0.1, 0.15) is 46.8 Å². The number of nitrogens with two attached hydrogens (primary N) is 1. The van der Waals surface area contributed by atoms with Crippen LogP contribution in [0.3, 0.4) is 0 Å². The van der Waals surface area contributed by atoms with Crippen molar-refractivity contribution in [2.24, 2.45) is 0 Å². The number of esters is 5. The summed E-state index contributed by atoms with van der Waals surface area (Å²) in [6, 6.07) is 14.6. The van der Waals surface area contributed by atoms with E-state index in [9.17, 15) is 38.4 Å². The minimum absolute atomic E-state index is 0. The van der Waals surface area contributed by atoms with Crippen molar-refractivity contribution in [2.75, 3.05) is 16.4 Å². The van der Waals surface area contributed by atoms with Crippen LogP contribution in [0, 0.1) is 6.92 Å². The third-order valence-corrected chi connectivity index (χ3v) is 7.26. The zero-order valence-electron chi connectivity index (χ0n) is 42.6. The fraction of sp³-hybridized carbons (Fsp3) is 0.458. The van der Waals surface area contributed by atoms with Gasteiger partial charge >= 0.3 is 71.6 Å². The van der Waals surface area contributed by atoms with Gasteiger partial charge in [-0.05, 0) is 137 Å². The average molecular weight is 966 g/mol. The van der Waals surface area contributed by atoms with Gasteiger partial charge in [-0.2, -0.15) is 0 Å². The van der Waals surface area contributed by atoms with Gasteiger partial charge in [-0.25, -0.2) is 9.59 Å². The summed E-state index contributed by atoms with van der Waals surface area (Å²) in [5, 5.41) is 5.17. The first-order chi connectivity index (χ1) is 30.1. The number of nitrogens with one attached hydrogen (secondary N) is 2. The van der Waals surface area contributed by atoms with Crippen molar-refractivity contribution >= 4 is 65.4 Å². The molecule has 3 rings (SSSR count). The van der Waals surface area contributed by atoms with E-state index in [1.54, 1.807) is 104 Å². The van der Waals surface area contributed by atoms with Crippen LogP contribution in [0.15, 0.2) is 54.6 Å². The van der Waals surface area contributed by atoms with Crippen LogP contribution < -0.4 is 55.4 Å². The van der Waals surface area contributed by atoms with Crippen LogP contribution in [0.1, 0.15) is 150 Å². The molecule has 0 aliphatic rings. The normalized spacial score (nSPS) is 11.2. The summed E-state index contributed by atoms with van der Waals surface area (Å²) in [7, 11) is 0. The molecule has 0 heterocycles. The third-order valence-electron chi connectivity index (χ3n) is 7.26. The Morgan fingerprint density at radius 3 is 1.25 bits per heavy atom. The number of benzene rings is 3. The predicted octanol–water partition coefficient (Wildman–Crippen LogP) is 6.73. The van der Waals surface area contributed by atoms with E-state index < -0.39 is 59.5 Å². The summed E-state index contributed by atoms with van der Waals surface area (Å²) in [4.78, 5) is 88.5. The molecule has 0 bridgehead atoms. The Bertz CT molecular complexity index is 2170. The number of hydrogen-bond acceptors (Lipinski definition) is 17. The number of aldehydes is 1. The molecule has 0 saturated carbocycles. The van der Waals surface area contributed by atoms with E-state index >= 15 is 0 Å². The topological polar surface area (TPSA) is 281 Å². The molecule has 3 aromatic rings. The second kappa shape index (κ2) is 30.4. The molecular formula is C48H68N3NaO16. The van der Waals surface area contributed by atoms with Gasteiger partial charge in [-0.15, -0.1) is 0 Å². The Morgan fingerprint density at radius 1 is 0.544 bits per heavy atom. The van der Waals surface area contributed by atoms with Gasteiger partial charge in [-0.1, -0.05) is 6.07 Å². The number of nitrogen functional groups attached to an aromatic ring is 1. The van der Waals surface area contributed by atoms with Crippen LogP contribution in [-0.2, 0) is 47.7 Å². The fourth-order valence-corrected chi connectivity index (χ4v) is 5.07. The fourth-order valence-electron chi connectivity index (χ4n) is 5.07. The maximum absolute atomic E-state index is 11.8. The van der Waals surface area contributed by atoms with Crippen LogP contribution >= 0.6 is 0 Å². The van der Waals surface area contributed by atoms with E-state index in [4.69, 9.17) is 38.9 Å². The van der Waals surface area contributed by atoms with Crippen molar-refractivity contribution in [3.05, 3.63) is 76.9 Å². The van der Waals surface area contributed by atoms with Crippen LogP contribution in [0.5, 0.6) is 11.5 Å². The van der Waals surface area contributed by atoms with Crippen LogP contribution in [0.25, 0.3) is 0 Å². The number of aryl methyl sites for hydroxylation is 1. The summed E-state index contributed by atoms with van der Waals surface area (Å²) >= 11 is 0. The first-order valence-electron chi connectivity index (χ1n) is 20.6. The quantitative estimate of drug-likeness (QED) is 0.0500. The Balaban J connectivity index is -0.000000864. The van der Waals surface area contributed by atoms with E-state index in [0.717, 1.165) is 11.8 Å². The number of anilines is 3. The van der Waals surface area contributed by atoms with Crippen molar-refractivity contribution in [1.82, 2.24) is 0 Å². The summed E-state index contributed by atoms with van der Waals surface area (Å²) in [6.45, 7) is 27.9. The largest absolute Gasteiger partial charge is 1.00 e. The Kier molecular flexibility index (Phi) is 29.6. The molecule has 68 heavy (non-hydrogen) atoms. The van der Waals surface area contributed by atoms with Gasteiger partial charge in [0.25, 0.3) is 0 Å². The molecule has 19 nitrogen and oxygen atoms in total. The monoisotopic (exact) mass is 965 g/mol. The number of amides is 2. The molecule has 372 valence electrons. The smallest absolute Gasteiger partial charge is 0.870 e. The number of carbonyl (C=O) groups excluding carboxylic acids is 8. The van der Waals surface area contributed by atoms with Gasteiger partial charge in [0, 0.05) is 68.4 Å². The number of rotatable bonds is 9. The summed E-state index contributed by atoms with van der Waals surface area (Å²) in [5.41, 5.74) is 8.07. The Hall–Kier alpha value is -6.02. The molecular weight excluding hydrogens is 898 g/mol. The molecule has 2 unspecified atom stereocenters. The second-order valence-corrected chi connectivity index (χ2v) is 17.4. The van der Waals surface area contributed by atoms with Crippen molar-refractivity contribution in [3.63, 3.8) is 0 Å². The van der Waals surface area contributed by atoms with Crippen LogP contribution in [0.2, 0.25) is 0 Å². The molecule has 0 radical (unpaired) electrons. The van der Waals surface area contributed by atoms with E-state index in [1.165, 1.54) is 40.7 Å². The third kappa shape index (κ3) is 31.0. The molecule has 0 saturated heterocycles. The standard InChI is InChI=1S/C17H23NO6.C13H17NO3.C12H15NO4.C6H12O2.Na.H2O/c1-10(22-11(2)19)14-9-13(7-8-15(14)23-12(3)20)18-16(21)24-17(4,5)6;1-9-5-6-11(7-10(9)8-15)14-12(16)17-13(2,3)4;1-7(16-8(2)14)11-6-10(13)4-5-12(11)17-9(3)15;1-5(7)8-6(2,3)4;;/h7-10H,1-6H3,(H,18,21);5-8H,1-4H3,(H,14,16);4-7H,13H2,1-3H3;1-4H3;;1H2/q;;;;+1;/p-1. The molecule has 2 atom stereocenters. The van der Waals surface area contributed by atoms with E-state index in [0.29, 0.717) is 39.5 Å². The number of ether oxygens (including phenoxy) is 7. The van der Waals surface area contributed by atoms with Crippen LogP contribution in [0.4, 0.5) is 26.7 Å². The number of carbonyl (C=O) groups is 8. The van der Waals surface area contributed by atoms with E-state index in [2.05, 4.69) is 10.6 Å². The molecule has 3 aromatic carbocycles. The zero-order chi connectivity index (χ0) is 51.3. The molecule has 0 spiro atoms. The Labute approximate surface area is 421 Å². The summed E-state index contributed by atoms with van der Waals surface area (Å²) in [5.74, 6) is -1.44. The maximum Gasteiger partial charge on any atom is 1.00 e. The molecule has 2 amide bonds. The molecule has 20 heteroatoms. The first-order valence-corrected chi connectivity index (χ1v) is 20.6. The second-order valence-electron chi connectivity index (χ2n) is 17.4. The zero-order valence-corrected chi connectivity index (χ0v) is 44.6. The maximum atomic E-state index is 11.8. The van der Waals surface area contributed by atoms with Gasteiger partial charge < -0.3 is 44.4 Å². The number of hydrogen-bond donors (Lipinski definition) is 3. The van der Waals surface area contributed by atoms with Gasteiger partial charge in [0.15, 0.2) is 0 Å². The molecule has 0 fully saturated rings. The molecule has 0 aliphatic heterocycles. The molecule has 0 aromatic heterocycles. The predicted molar refractivity (Wildman–Crippen MR) is 250 cm³/mol. The minimum Gasteiger partial charge on any atom is -0.870 e. The van der Waals surface area contributed by atoms with Crippen molar-refractivity contribution < 1.29 is 107 Å². The Morgan fingerprint density at radius 2 is 0.912 bits per heavy atom.